The van der Waals surface area contributed by atoms with Crippen molar-refractivity contribution in [3.8, 4) is 5.75 Å². The molecule has 2 aromatic carbocycles. The number of hydrogen-bond acceptors (Lipinski definition) is 7. The number of benzene rings is 2. The summed E-state index contributed by atoms with van der Waals surface area (Å²) < 4.78 is 17.5. The second kappa shape index (κ2) is 11.9. The van der Waals surface area contributed by atoms with E-state index in [0.717, 1.165) is 17.9 Å². The van der Waals surface area contributed by atoms with E-state index in [1.54, 1.807) is 29.9 Å². The van der Waals surface area contributed by atoms with E-state index >= 15 is 0 Å². The molecule has 0 saturated heterocycles. The van der Waals surface area contributed by atoms with Gasteiger partial charge in [0.15, 0.2) is 5.16 Å². The van der Waals surface area contributed by atoms with Gasteiger partial charge in [-0.1, -0.05) is 17.8 Å². The number of methoxy groups -OCH3 is 2. The van der Waals surface area contributed by atoms with Crippen LogP contribution in [0, 0.1) is 13.8 Å². The van der Waals surface area contributed by atoms with Crippen molar-refractivity contribution in [1.29, 1.82) is 0 Å². The predicted molar refractivity (Wildman–Crippen MR) is 131 cm³/mol. The number of rotatable bonds is 11. The van der Waals surface area contributed by atoms with Crippen molar-refractivity contribution in [2.45, 2.75) is 38.4 Å². The number of esters is 1. The highest BCUT2D eigenvalue weighted by Crippen LogP contribution is 2.21. The predicted octanol–water partition coefficient (Wildman–Crippen LogP) is 4.40. The normalized spacial score (nSPS) is 11.0. The maximum atomic E-state index is 13.2. The fourth-order valence-corrected chi connectivity index (χ4v) is 4.27. The molecule has 0 fully saturated rings. The van der Waals surface area contributed by atoms with E-state index < -0.39 is 5.97 Å². The number of fused-ring (bicyclic) bond motifs is 1. The second-order valence-corrected chi connectivity index (χ2v) is 8.78. The molecule has 3 aromatic rings. The number of carbonyl (C=O) groups excluding carboxylic acids is 1. The summed E-state index contributed by atoms with van der Waals surface area (Å²) in [6, 6.07) is 10.9. The zero-order chi connectivity index (χ0) is 23.8. The lowest BCUT2D eigenvalue weighted by atomic mass is 10.1. The van der Waals surface area contributed by atoms with Gasteiger partial charge in [-0.25, -0.2) is 9.78 Å². The van der Waals surface area contributed by atoms with Gasteiger partial charge < -0.3 is 14.2 Å². The summed E-state index contributed by atoms with van der Waals surface area (Å²) in [7, 11) is 2.97. The van der Waals surface area contributed by atoms with E-state index in [1.807, 2.05) is 12.1 Å². The molecule has 0 unspecified atom stereocenters. The van der Waals surface area contributed by atoms with E-state index in [4.69, 9.17) is 19.2 Å². The molecule has 0 spiro atoms. The highest BCUT2D eigenvalue weighted by atomic mass is 32.2. The molecule has 0 aliphatic rings. The Morgan fingerprint density at radius 1 is 1.03 bits per heavy atom. The van der Waals surface area contributed by atoms with Crippen LogP contribution in [0.15, 0.2) is 46.3 Å². The van der Waals surface area contributed by atoms with E-state index in [9.17, 15) is 9.59 Å². The first kappa shape index (κ1) is 24.8. The van der Waals surface area contributed by atoms with E-state index in [2.05, 4.69) is 19.9 Å². The van der Waals surface area contributed by atoms with Crippen molar-refractivity contribution < 1.29 is 19.0 Å². The van der Waals surface area contributed by atoms with Crippen LogP contribution < -0.4 is 10.3 Å². The first-order valence-electron chi connectivity index (χ1n) is 10.9. The van der Waals surface area contributed by atoms with Crippen molar-refractivity contribution in [2.24, 2.45) is 0 Å². The van der Waals surface area contributed by atoms with Crippen LogP contribution in [0.5, 0.6) is 5.75 Å². The van der Waals surface area contributed by atoms with Gasteiger partial charge in [0.2, 0.25) is 0 Å². The topological polar surface area (TPSA) is 79.7 Å². The number of hydrogen-bond donors (Lipinski definition) is 0. The summed E-state index contributed by atoms with van der Waals surface area (Å²) in [5, 5.41) is 1.10. The van der Waals surface area contributed by atoms with Crippen LogP contribution in [-0.4, -0.2) is 48.7 Å². The summed E-state index contributed by atoms with van der Waals surface area (Å²) in [6.45, 7) is 5.78. The summed E-state index contributed by atoms with van der Waals surface area (Å²) in [5.41, 5.74) is 3.17. The second-order valence-electron chi connectivity index (χ2n) is 7.72. The highest BCUT2D eigenvalue weighted by Gasteiger charge is 2.14. The first-order chi connectivity index (χ1) is 15.9. The van der Waals surface area contributed by atoms with E-state index in [-0.39, 0.29) is 5.56 Å². The Morgan fingerprint density at radius 2 is 1.85 bits per heavy atom. The molecule has 33 heavy (non-hydrogen) atoms. The fourth-order valence-electron chi connectivity index (χ4n) is 3.34. The number of carbonyl (C=O) groups is 1. The van der Waals surface area contributed by atoms with Gasteiger partial charge in [0, 0.05) is 26.0 Å². The number of aromatic nitrogens is 2. The van der Waals surface area contributed by atoms with Crippen LogP contribution in [-0.2, 0) is 16.0 Å². The smallest absolute Gasteiger partial charge is 0.337 e. The average Bonchev–Trinajstić information content (AvgIpc) is 2.82. The molecular weight excluding hydrogens is 440 g/mol. The molecule has 0 aliphatic heterocycles. The maximum absolute atomic E-state index is 13.2. The van der Waals surface area contributed by atoms with Gasteiger partial charge in [0.25, 0.3) is 5.56 Å². The summed E-state index contributed by atoms with van der Waals surface area (Å²) in [5.74, 6) is 1.14. The van der Waals surface area contributed by atoms with Gasteiger partial charge in [-0.2, -0.15) is 0 Å². The molecule has 8 heteroatoms. The molecule has 0 aliphatic carbocycles. The Morgan fingerprint density at radius 3 is 2.58 bits per heavy atom. The van der Waals surface area contributed by atoms with Gasteiger partial charge in [-0.3, -0.25) is 9.36 Å². The minimum absolute atomic E-state index is 0.124. The van der Waals surface area contributed by atoms with E-state index in [0.29, 0.717) is 47.8 Å². The Bertz CT molecular complexity index is 1180. The molecule has 0 N–H and O–H groups in total. The standard InChI is InChI=1S/C25H30N2O5S/c1-17-7-9-20(15-18(17)2)32-13-6-14-33-25-26-22-16-19(24(29)31-4)8-10-21(22)23(28)27(25)11-5-12-30-3/h7-10,15-16H,5-6,11-14H2,1-4H3. The van der Waals surface area contributed by atoms with Crippen molar-refractivity contribution in [1.82, 2.24) is 9.55 Å². The minimum Gasteiger partial charge on any atom is -0.494 e. The van der Waals surface area contributed by atoms with Crippen molar-refractivity contribution in [2.75, 3.05) is 33.2 Å². The van der Waals surface area contributed by atoms with Crippen molar-refractivity contribution in [3.63, 3.8) is 0 Å². The van der Waals surface area contributed by atoms with Crippen LogP contribution >= 0.6 is 11.8 Å². The number of nitrogens with zero attached hydrogens (tertiary/aromatic N) is 2. The fraction of sp³-hybridized carbons (Fsp3) is 0.400. The minimum atomic E-state index is -0.458. The molecule has 0 bridgehead atoms. The lowest BCUT2D eigenvalue weighted by Crippen LogP contribution is -2.24. The van der Waals surface area contributed by atoms with Gasteiger partial charge in [0.05, 0.1) is 30.2 Å². The van der Waals surface area contributed by atoms with Crippen LogP contribution in [0.1, 0.15) is 34.3 Å². The van der Waals surface area contributed by atoms with Crippen LogP contribution in [0.3, 0.4) is 0 Å². The molecule has 0 atom stereocenters. The summed E-state index contributed by atoms with van der Waals surface area (Å²) in [4.78, 5) is 29.8. The third-order valence-corrected chi connectivity index (χ3v) is 6.40. The van der Waals surface area contributed by atoms with Crippen LogP contribution in [0.25, 0.3) is 10.9 Å². The van der Waals surface area contributed by atoms with Gasteiger partial charge in [-0.05, 0) is 68.1 Å². The van der Waals surface area contributed by atoms with Crippen molar-refractivity contribution >= 4 is 28.6 Å². The third-order valence-electron chi connectivity index (χ3n) is 5.34. The monoisotopic (exact) mass is 470 g/mol. The lowest BCUT2D eigenvalue weighted by molar-refractivity contribution is 0.0601. The largest absolute Gasteiger partial charge is 0.494 e. The van der Waals surface area contributed by atoms with Gasteiger partial charge in [0.1, 0.15) is 5.75 Å². The van der Waals surface area contributed by atoms with Crippen molar-refractivity contribution in [3.05, 3.63) is 63.4 Å². The molecule has 0 radical (unpaired) electrons. The SMILES string of the molecule is COCCCn1c(SCCCOc2ccc(C)c(C)c2)nc2cc(C(=O)OC)ccc2c1=O. The molecule has 1 aromatic heterocycles. The van der Waals surface area contributed by atoms with Crippen LogP contribution in [0.4, 0.5) is 0 Å². The number of aryl methyl sites for hydroxylation is 2. The molecule has 0 saturated carbocycles. The molecule has 0 amide bonds. The highest BCUT2D eigenvalue weighted by molar-refractivity contribution is 7.99. The van der Waals surface area contributed by atoms with E-state index in [1.165, 1.54) is 30.0 Å². The lowest BCUT2D eigenvalue weighted by Gasteiger charge is -2.14. The zero-order valence-electron chi connectivity index (χ0n) is 19.6. The van der Waals surface area contributed by atoms with Crippen LogP contribution in [0.2, 0.25) is 0 Å². The third kappa shape index (κ3) is 6.36. The zero-order valence-corrected chi connectivity index (χ0v) is 20.4. The average molecular weight is 471 g/mol. The Labute approximate surface area is 198 Å². The summed E-state index contributed by atoms with van der Waals surface area (Å²) >= 11 is 1.51. The molecule has 3 rings (SSSR count). The van der Waals surface area contributed by atoms with Gasteiger partial charge >= 0.3 is 5.97 Å². The Kier molecular flexibility index (Phi) is 8.91. The number of thioether (sulfide) groups is 1. The molecular formula is C25H30N2O5S. The van der Waals surface area contributed by atoms with Gasteiger partial charge in [-0.15, -0.1) is 0 Å². The number of ether oxygens (including phenoxy) is 3. The maximum Gasteiger partial charge on any atom is 0.337 e. The quantitative estimate of drug-likeness (QED) is 0.178. The molecule has 1 heterocycles. The Hall–Kier alpha value is -2.84. The Balaban J connectivity index is 1.74. The molecule has 176 valence electrons. The first-order valence-corrected chi connectivity index (χ1v) is 11.9. The summed E-state index contributed by atoms with van der Waals surface area (Å²) in [6.07, 6.45) is 1.50. The molecule has 7 nitrogen and oxygen atoms in total.